The molecule has 8 heavy (non-hydrogen) atoms. The summed E-state index contributed by atoms with van der Waals surface area (Å²) in [5.41, 5.74) is 5.90. The molecule has 3 N–H and O–H groups in total. The van der Waals surface area contributed by atoms with E-state index in [-0.39, 0.29) is 5.75 Å². The third-order valence-electron chi connectivity index (χ3n) is 0.820. The summed E-state index contributed by atoms with van der Waals surface area (Å²) in [6.45, 7) is 0. The lowest BCUT2D eigenvalue weighted by molar-refractivity contribution is 0.474. The lowest BCUT2D eigenvalue weighted by Gasteiger charge is -1.88. The van der Waals surface area contributed by atoms with Crippen LogP contribution in [0.25, 0.3) is 0 Å². The molecule has 0 unspecified atom stereocenters. The molecule has 0 saturated carbocycles. The van der Waals surface area contributed by atoms with Gasteiger partial charge >= 0.3 is 0 Å². The minimum atomic E-state index is 0.124. The first-order valence-corrected chi connectivity index (χ1v) is 2.25. The average molecular weight is 108 g/mol. The fraction of sp³-hybridized carbons (Fsp3) is 0. The van der Waals surface area contributed by atoms with Crippen molar-refractivity contribution >= 4 is 5.69 Å². The van der Waals surface area contributed by atoms with Gasteiger partial charge in [-0.3, -0.25) is 0 Å². The van der Waals surface area contributed by atoms with Crippen LogP contribution in [-0.2, 0) is 0 Å². The number of benzene rings is 1. The number of nitrogen functional groups attached to an aromatic ring is 1. The van der Waals surface area contributed by atoms with Gasteiger partial charge in [-0.05, 0) is 18.2 Å². The van der Waals surface area contributed by atoms with Gasteiger partial charge in [0.05, 0.1) is 0 Å². The Morgan fingerprint density at radius 2 is 2.25 bits per heavy atom. The maximum absolute atomic E-state index is 8.65. The first-order valence-electron chi connectivity index (χ1n) is 2.25. The number of aromatic hydroxyl groups is 1. The zero-order chi connectivity index (χ0) is 5.98. The summed E-state index contributed by atoms with van der Waals surface area (Å²) >= 11 is 0. The SMILES string of the molecule is Nc1c[c]c(O)cc1. The van der Waals surface area contributed by atoms with Gasteiger partial charge in [-0.2, -0.15) is 0 Å². The Bertz CT molecular complexity index is 147. The molecule has 0 spiro atoms. The van der Waals surface area contributed by atoms with Crippen LogP contribution in [0.5, 0.6) is 5.75 Å². The molecular weight excluding hydrogens is 102 g/mol. The van der Waals surface area contributed by atoms with E-state index in [1.165, 1.54) is 12.1 Å². The Kier molecular flexibility index (Phi) is 1.08. The van der Waals surface area contributed by atoms with Crippen LogP contribution in [0, 0.1) is 6.07 Å². The molecule has 41 valence electrons. The summed E-state index contributed by atoms with van der Waals surface area (Å²) in [6.07, 6.45) is 0. The van der Waals surface area contributed by atoms with Crippen molar-refractivity contribution in [2.75, 3.05) is 5.73 Å². The number of nitrogens with two attached hydrogens (primary N) is 1. The molecule has 0 amide bonds. The van der Waals surface area contributed by atoms with Gasteiger partial charge in [-0.25, -0.2) is 0 Å². The van der Waals surface area contributed by atoms with Gasteiger partial charge in [-0.15, -0.1) is 0 Å². The van der Waals surface area contributed by atoms with Crippen molar-refractivity contribution in [2.24, 2.45) is 0 Å². The van der Waals surface area contributed by atoms with E-state index in [9.17, 15) is 0 Å². The molecule has 0 aromatic heterocycles. The highest BCUT2D eigenvalue weighted by Gasteiger charge is 1.83. The molecule has 0 aliphatic rings. The van der Waals surface area contributed by atoms with E-state index in [2.05, 4.69) is 6.07 Å². The van der Waals surface area contributed by atoms with Crippen LogP contribution in [-0.4, -0.2) is 5.11 Å². The average Bonchev–Trinajstić information content (AvgIpc) is 1.77. The van der Waals surface area contributed by atoms with Crippen LogP contribution in [0.3, 0.4) is 0 Å². The predicted octanol–water partition coefficient (Wildman–Crippen LogP) is 0.775. The maximum atomic E-state index is 8.65. The zero-order valence-electron chi connectivity index (χ0n) is 4.26. The van der Waals surface area contributed by atoms with Crippen LogP contribution < -0.4 is 5.73 Å². The predicted molar refractivity (Wildman–Crippen MR) is 31.4 cm³/mol. The molecule has 0 aliphatic heterocycles. The Balaban J connectivity index is 3.03. The van der Waals surface area contributed by atoms with E-state index in [1.54, 1.807) is 6.07 Å². The van der Waals surface area contributed by atoms with Gasteiger partial charge in [0.2, 0.25) is 0 Å². The van der Waals surface area contributed by atoms with E-state index in [4.69, 9.17) is 10.8 Å². The lowest BCUT2D eigenvalue weighted by Crippen LogP contribution is -1.80. The van der Waals surface area contributed by atoms with Gasteiger partial charge < -0.3 is 10.8 Å². The smallest absolute Gasteiger partial charge is 0.123 e. The summed E-state index contributed by atoms with van der Waals surface area (Å²) in [6, 6.07) is 7.17. The summed E-state index contributed by atoms with van der Waals surface area (Å²) in [5, 5.41) is 8.65. The second-order valence-corrected chi connectivity index (χ2v) is 1.51. The third kappa shape index (κ3) is 0.904. The van der Waals surface area contributed by atoms with Crippen LogP contribution in [0.1, 0.15) is 0 Å². The summed E-state index contributed by atoms with van der Waals surface area (Å²) < 4.78 is 0. The molecule has 0 fully saturated rings. The number of rotatable bonds is 0. The number of phenolic OH excluding ortho intramolecular Hbond substituents is 1. The molecule has 1 radical (unpaired) electrons. The van der Waals surface area contributed by atoms with E-state index < -0.39 is 0 Å². The topological polar surface area (TPSA) is 46.2 Å². The molecule has 2 heteroatoms. The Hall–Kier alpha value is -1.18. The van der Waals surface area contributed by atoms with Gasteiger partial charge in [0.15, 0.2) is 0 Å². The van der Waals surface area contributed by atoms with Gasteiger partial charge in [-0.1, -0.05) is 0 Å². The molecule has 1 rings (SSSR count). The van der Waals surface area contributed by atoms with Gasteiger partial charge in [0, 0.05) is 11.8 Å². The van der Waals surface area contributed by atoms with E-state index in [0.717, 1.165) is 0 Å². The summed E-state index contributed by atoms with van der Waals surface area (Å²) in [4.78, 5) is 0. The van der Waals surface area contributed by atoms with E-state index in [1.807, 2.05) is 0 Å². The highest BCUT2D eigenvalue weighted by atomic mass is 16.3. The summed E-state index contributed by atoms with van der Waals surface area (Å²) in [7, 11) is 0. The normalized spacial score (nSPS) is 9.00. The monoisotopic (exact) mass is 108 g/mol. The quantitative estimate of drug-likeness (QED) is 0.381. The van der Waals surface area contributed by atoms with Crippen molar-refractivity contribution in [3.63, 3.8) is 0 Å². The zero-order valence-corrected chi connectivity index (χ0v) is 4.26. The highest BCUT2D eigenvalue weighted by molar-refractivity contribution is 5.40. The fourth-order valence-corrected chi connectivity index (χ4v) is 0.429. The second-order valence-electron chi connectivity index (χ2n) is 1.51. The molecule has 0 saturated heterocycles. The first-order chi connectivity index (χ1) is 3.79. The lowest BCUT2D eigenvalue weighted by atomic mass is 10.3. The number of hydrogen-bond acceptors (Lipinski definition) is 2. The van der Waals surface area contributed by atoms with Crippen molar-refractivity contribution in [1.29, 1.82) is 0 Å². The Morgan fingerprint density at radius 3 is 2.62 bits per heavy atom. The number of phenols is 1. The van der Waals surface area contributed by atoms with E-state index in [0.29, 0.717) is 5.69 Å². The molecule has 0 aliphatic carbocycles. The number of hydrogen-bond donors (Lipinski definition) is 2. The van der Waals surface area contributed by atoms with Gasteiger partial charge in [0.25, 0.3) is 0 Å². The first kappa shape index (κ1) is 4.97. The molecule has 0 atom stereocenters. The molecule has 2 nitrogen and oxygen atoms in total. The molecule has 1 aromatic carbocycles. The number of anilines is 1. The van der Waals surface area contributed by atoms with Crippen molar-refractivity contribution < 1.29 is 5.11 Å². The second kappa shape index (κ2) is 1.74. The Morgan fingerprint density at radius 1 is 1.50 bits per heavy atom. The molecule has 0 bridgehead atoms. The summed E-state index contributed by atoms with van der Waals surface area (Å²) in [5.74, 6) is 0.124. The van der Waals surface area contributed by atoms with Crippen LogP contribution in [0.2, 0.25) is 0 Å². The van der Waals surface area contributed by atoms with Crippen molar-refractivity contribution in [2.45, 2.75) is 0 Å². The minimum Gasteiger partial charge on any atom is -0.507 e. The van der Waals surface area contributed by atoms with Gasteiger partial charge in [0.1, 0.15) is 5.75 Å². The molecule has 1 aromatic rings. The molecule has 0 heterocycles. The largest absolute Gasteiger partial charge is 0.507 e. The minimum absolute atomic E-state index is 0.124. The fourth-order valence-electron chi connectivity index (χ4n) is 0.429. The Labute approximate surface area is 47.6 Å². The van der Waals surface area contributed by atoms with Crippen LogP contribution in [0.4, 0.5) is 5.69 Å². The third-order valence-corrected chi connectivity index (χ3v) is 0.820. The molecular formula is C6H6NO. The van der Waals surface area contributed by atoms with Crippen LogP contribution in [0.15, 0.2) is 18.2 Å². The van der Waals surface area contributed by atoms with Crippen molar-refractivity contribution in [3.8, 4) is 5.75 Å². The van der Waals surface area contributed by atoms with E-state index >= 15 is 0 Å². The van der Waals surface area contributed by atoms with Crippen molar-refractivity contribution in [3.05, 3.63) is 24.3 Å². The van der Waals surface area contributed by atoms with Crippen LogP contribution >= 0.6 is 0 Å². The highest BCUT2D eigenvalue weighted by Crippen LogP contribution is 2.08. The van der Waals surface area contributed by atoms with Crippen molar-refractivity contribution in [1.82, 2.24) is 0 Å². The standard InChI is InChI=1S/C6H6NO/c7-5-1-3-6(8)4-2-5/h1-3,8H,7H2. The maximum Gasteiger partial charge on any atom is 0.123 e.